The number of carbonyl (C=O) groups excluding carboxylic acids is 2. The van der Waals surface area contributed by atoms with Gasteiger partial charge in [-0.2, -0.15) is 8.78 Å². The van der Waals surface area contributed by atoms with E-state index in [0.717, 1.165) is 12.6 Å². The predicted octanol–water partition coefficient (Wildman–Crippen LogP) is 3.74. The van der Waals surface area contributed by atoms with Crippen LogP contribution in [0.2, 0.25) is 0 Å². The molecule has 0 unspecified atom stereocenters. The number of benzene rings is 1. The van der Waals surface area contributed by atoms with Gasteiger partial charge in [-0.05, 0) is 36.8 Å². The Kier molecular flexibility index (Phi) is 6.00. The van der Waals surface area contributed by atoms with Crippen molar-refractivity contribution in [3.63, 3.8) is 0 Å². The molecular formula is C19H17F4N3O3. The summed E-state index contributed by atoms with van der Waals surface area (Å²) in [5.74, 6) is -4.95. The first-order chi connectivity index (χ1) is 13.8. The highest BCUT2D eigenvalue weighted by Crippen LogP contribution is 2.24. The van der Waals surface area contributed by atoms with Crippen LogP contribution in [-0.2, 0) is 4.79 Å². The molecule has 2 aromatic rings. The second-order valence-corrected chi connectivity index (χ2v) is 6.39. The van der Waals surface area contributed by atoms with Crippen molar-refractivity contribution in [2.75, 3.05) is 23.4 Å². The summed E-state index contributed by atoms with van der Waals surface area (Å²) in [6.07, 6.45) is -1.37. The first-order valence-corrected chi connectivity index (χ1v) is 8.73. The molecule has 2 amide bonds. The summed E-state index contributed by atoms with van der Waals surface area (Å²) < 4.78 is 54.4. The molecule has 154 valence electrons. The molecule has 0 atom stereocenters. The number of ether oxygens (including phenoxy) is 1. The Labute approximate surface area is 163 Å². The number of aromatic nitrogens is 1. The van der Waals surface area contributed by atoms with E-state index >= 15 is 0 Å². The average molecular weight is 411 g/mol. The maximum atomic E-state index is 12.8. The lowest BCUT2D eigenvalue weighted by molar-refractivity contribution is -0.148. The molecule has 29 heavy (non-hydrogen) atoms. The zero-order valence-corrected chi connectivity index (χ0v) is 15.1. The van der Waals surface area contributed by atoms with Gasteiger partial charge < -0.3 is 15.0 Å². The highest BCUT2D eigenvalue weighted by atomic mass is 19.3. The molecule has 1 aromatic heterocycles. The monoisotopic (exact) mass is 411 g/mol. The van der Waals surface area contributed by atoms with E-state index in [2.05, 4.69) is 15.0 Å². The number of pyridine rings is 1. The van der Waals surface area contributed by atoms with E-state index in [1.807, 2.05) is 0 Å². The number of hydrogen-bond acceptors (Lipinski definition) is 4. The summed E-state index contributed by atoms with van der Waals surface area (Å²) >= 11 is 0. The fourth-order valence-corrected chi connectivity index (χ4v) is 2.69. The summed E-state index contributed by atoms with van der Waals surface area (Å²) in [4.78, 5) is 29.4. The highest BCUT2D eigenvalue weighted by Gasteiger charge is 2.41. The average Bonchev–Trinajstić information content (AvgIpc) is 3.13. The molecule has 2 heterocycles. The van der Waals surface area contributed by atoms with E-state index < -0.39 is 24.9 Å². The third-order valence-electron chi connectivity index (χ3n) is 4.24. The fourth-order valence-electron chi connectivity index (χ4n) is 2.69. The molecule has 6 nitrogen and oxygen atoms in total. The standard InChI is InChI=1S/C19H17F4N3O3/c20-18(21)19(22,23)11-29-15-8-5-13(10-24-15)25-17(28)12-3-6-14(7-4-12)26-9-1-2-16(26)27/h3-8,10,18H,1-2,9,11H2,(H,25,28). The van der Waals surface area contributed by atoms with Gasteiger partial charge in [0.1, 0.15) is 0 Å². The topological polar surface area (TPSA) is 71.5 Å². The molecule has 1 fully saturated rings. The van der Waals surface area contributed by atoms with Gasteiger partial charge in [0, 0.05) is 30.3 Å². The molecule has 0 aliphatic carbocycles. The van der Waals surface area contributed by atoms with Crippen LogP contribution in [0.3, 0.4) is 0 Å². The van der Waals surface area contributed by atoms with Gasteiger partial charge in [-0.3, -0.25) is 9.59 Å². The van der Waals surface area contributed by atoms with E-state index in [-0.39, 0.29) is 17.5 Å². The number of amides is 2. The molecule has 1 aromatic carbocycles. The van der Waals surface area contributed by atoms with E-state index in [1.54, 1.807) is 29.2 Å². The van der Waals surface area contributed by atoms with Crippen molar-refractivity contribution >= 4 is 23.2 Å². The molecule has 3 rings (SSSR count). The van der Waals surface area contributed by atoms with Crippen LogP contribution in [0.4, 0.5) is 28.9 Å². The molecule has 1 saturated heterocycles. The van der Waals surface area contributed by atoms with Gasteiger partial charge in [0.05, 0.1) is 11.9 Å². The molecule has 1 aliphatic heterocycles. The van der Waals surface area contributed by atoms with Crippen molar-refractivity contribution in [3.8, 4) is 5.88 Å². The number of carbonyl (C=O) groups is 2. The van der Waals surface area contributed by atoms with Gasteiger partial charge in [0.2, 0.25) is 11.8 Å². The summed E-state index contributed by atoms with van der Waals surface area (Å²) in [5.41, 5.74) is 1.33. The minimum Gasteiger partial charge on any atom is -0.471 e. The molecule has 1 N–H and O–H groups in total. The highest BCUT2D eigenvalue weighted by molar-refractivity contribution is 6.04. The van der Waals surface area contributed by atoms with Crippen LogP contribution in [0.5, 0.6) is 5.88 Å². The van der Waals surface area contributed by atoms with Crippen molar-refractivity contribution in [1.29, 1.82) is 0 Å². The third kappa shape index (κ3) is 5.01. The summed E-state index contributed by atoms with van der Waals surface area (Å²) in [6, 6.07) is 9.03. The molecule has 0 spiro atoms. The summed E-state index contributed by atoms with van der Waals surface area (Å²) in [7, 11) is 0. The largest absolute Gasteiger partial charge is 0.471 e. The van der Waals surface area contributed by atoms with E-state index in [0.29, 0.717) is 24.2 Å². The van der Waals surface area contributed by atoms with E-state index in [4.69, 9.17) is 0 Å². The van der Waals surface area contributed by atoms with Crippen molar-refractivity contribution in [2.24, 2.45) is 0 Å². The van der Waals surface area contributed by atoms with Gasteiger partial charge in [0.15, 0.2) is 6.61 Å². The number of halogens is 4. The van der Waals surface area contributed by atoms with E-state index in [9.17, 15) is 27.2 Å². The second kappa shape index (κ2) is 8.46. The lowest BCUT2D eigenvalue weighted by Crippen LogP contribution is -2.33. The minimum atomic E-state index is -4.28. The summed E-state index contributed by atoms with van der Waals surface area (Å²) in [5, 5.41) is 2.57. The van der Waals surface area contributed by atoms with Crippen molar-refractivity contribution in [3.05, 3.63) is 48.2 Å². The predicted molar refractivity (Wildman–Crippen MR) is 96.7 cm³/mol. The zero-order valence-electron chi connectivity index (χ0n) is 15.1. The number of rotatable bonds is 7. The maximum absolute atomic E-state index is 12.8. The summed E-state index contributed by atoms with van der Waals surface area (Å²) in [6.45, 7) is -0.858. The van der Waals surface area contributed by atoms with Crippen LogP contribution in [0.1, 0.15) is 23.2 Å². The number of anilines is 2. The molecular weight excluding hydrogens is 394 g/mol. The quantitative estimate of drug-likeness (QED) is 0.705. The molecule has 10 heteroatoms. The molecule has 1 aliphatic rings. The number of nitrogens with zero attached hydrogens (tertiary/aromatic N) is 2. The number of nitrogens with one attached hydrogen (secondary N) is 1. The Bertz CT molecular complexity index is 873. The normalized spacial score (nSPS) is 14.4. The van der Waals surface area contributed by atoms with Gasteiger partial charge in [0.25, 0.3) is 5.91 Å². The Hall–Kier alpha value is -3.17. The Morgan fingerprint density at radius 2 is 1.93 bits per heavy atom. The van der Waals surface area contributed by atoms with Gasteiger partial charge in [-0.15, -0.1) is 0 Å². The maximum Gasteiger partial charge on any atom is 0.340 e. The Balaban J connectivity index is 1.57. The van der Waals surface area contributed by atoms with Gasteiger partial charge in [-0.1, -0.05) is 0 Å². The number of alkyl halides is 4. The molecule has 0 radical (unpaired) electrons. The lowest BCUT2D eigenvalue weighted by Gasteiger charge is -2.16. The van der Waals surface area contributed by atoms with Crippen LogP contribution in [0.25, 0.3) is 0 Å². The van der Waals surface area contributed by atoms with Crippen molar-refractivity contribution in [2.45, 2.75) is 25.2 Å². The van der Waals surface area contributed by atoms with Crippen molar-refractivity contribution in [1.82, 2.24) is 4.98 Å². The fraction of sp³-hybridized carbons (Fsp3) is 0.316. The van der Waals surface area contributed by atoms with Gasteiger partial charge >= 0.3 is 12.3 Å². The zero-order chi connectivity index (χ0) is 21.0. The van der Waals surface area contributed by atoms with Crippen LogP contribution >= 0.6 is 0 Å². The number of hydrogen-bond donors (Lipinski definition) is 1. The van der Waals surface area contributed by atoms with Crippen molar-refractivity contribution < 1.29 is 31.9 Å². The van der Waals surface area contributed by atoms with Crippen LogP contribution in [0.15, 0.2) is 42.6 Å². The first-order valence-electron chi connectivity index (χ1n) is 8.73. The van der Waals surface area contributed by atoms with Crippen LogP contribution in [-0.4, -0.2) is 42.3 Å². The smallest absolute Gasteiger partial charge is 0.340 e. The molecule has 0 saturated carbocycles. The second-order valence-electron chi connectivity index (χ2n) is 6.39. The molecule has 0 bridgehead atoms. The van der Waals surface area contributed by atoms with Crippen LogP contribution in [0, 0.1) is 0 Å². The SMILES string of the molecule is O=C(Nc1ccc(OCC(F)(F)C(F)F)nc1)c1ccc(N2CCCC2=O)cc1. The van der Waals surface area contributed by atoms with Crippen LogP contribution < -0.4 is 15.0 Å². The van der Waals surface area contributed by atoms with Gasteiger partial charge in [-0.25, -0.2) is 13.8 Å². The Morgan fingerprint density at radius 1 is 1.21 bits per heavy atom. The third-order valence-corrected chi connectivity index (χ3v) is 4.24. The first kappa shape index (κ1) is 20.6. The van der Waals surface area contributed by atoms with E-state index in [1.165, 1.54) is 12.1 Å². The minimum absolute atomic E-state index is 0.0434. The lowest BCUT2D eigenvalue weighted by atomic mass is 10.2. The Morgan fingerprint density at radius 3 is 2.48 bits per heavy atom.